The summed E-state index contributed by atoms with van der Waals surface area (Å²) in [6.45, 7) is 8.62. The quantitative estimate of drug-likeness (QED) is 0.460. The third-order valence-corrected chi connectivity index (χ3v) is 2.65. The molecule has 118 valence electrons. The van der Waals surface area contributed by atoms with Crippen LogP contribution in [0.1, 0.15) is 18.9 Å². The predicted molar refractivity (Wildman–Crippen MR) is 95.6 cm³/mol. The zero-order valence-corrected chi connectivity index (χ0v) is 13.3. The van der Waals surface area contributed by atoms with E-state index in [-0.39, 0.29) is 5.57 Å². The first-order chi connectivity index (χ1) is 11.0. The van der Waals surface area contributed by atoms with Crippen molar-refractivity contribution < 1.29 is 9.90 Å². The van der Waals surface area contributed by atoms with E-state index in [9.17, 15) is 4.79 Å². The van der Waals surface area contributed by atoms with Crippen LogP contribution in [0.5, 0.6) is 0 Å². The summed E-state index contributed by atoms with van der Waals surface area (Å²) in [5.41, 5.74) is 2.23. The van der Waals surface area contributed by atoms with Crippen molar-refractivity contribution in [1.82, 2.24) is 0 Å². The summed E-state index contributed by atoms with van der Waals surface area (Å²) >= 11 is 0. The molecule has 0 aliphatic rings. The van der Waals surface area contributed by atoms with E-state index in [1.54, 1.807) is 19.1 Å². The Morgan fingerprint density at radius 1 is 1.30 bits per heavy atom. The van der Waals surface area contributed by atoms with Gasteiger partial charge in [0, 0.05) is 11.6 Å². The highest BCUT2D eigenvalue weighted by atomic mass is 16.4. The lowest BCUT2D eigenvalue weighted by Crippen LogP contribution is -1.95. The first kappa shape index (κ1) is 19.9. The van der Waals surface area contributed by atoms with Crippen LogP contribution in [0.3, 0.4) is 0 Å². The highest BCUT2D eigenvalue weighted by Gasteiger charge is 1.96. The van der Waals surface area contributed by atoms with Crippen LogP contribution in [0.15, 0.2) is 85.0 Å². The fraction of sp³-hybridized carbons (Fsp3) is 0.100. The van der Waals surface area contributed by atoms with E-state index in [2.05, 4.69) is 13.2 Å². The highest BCUT2D eigenvalue weighted by molar-refractivity contribution is 5.85. The number of hydrogen-bond donors (Lipinski definition) is 1. The van der Waals surface area contributed by atoms with Crippen LogP contribution >= 0.6 is 0 Å². The number of nitrogens with zero attached hydrogens (tertiary/aromatic N) is 1. The Kier molecular flexibility index (Phi) is 10.9. The molecule has 1 aromatic carbocycles. The minimum absolute atomic E-state index is 0.264. The van der Waals surface area contributed by atoms with Crippen LogP contribution < -0.4 is 0 Å². The Labute approximate surface area is 137 Å². The molecule has 0 atom stereocenters. The maximum Gasteiger partial charge on any atom is 0.330 e. The molecule has 0 unspecified atom stereocenters. The summed E-state index contributed by atoms with van der Waals surface area (Å²) in [6.07, 6.45) is 11.2. The van der Waals surface area contributed by atoms with Gasteiger partial charge in [-0.25, -0.2) is 4.79 Å². The number of nitriles is 1. The third-order valence-electron chi connectivity index (χ3n) is 2.65. The Bertz CT molecular complexity index is 644. The molecule has 0 saturated heterocycles. The molecule has 0 aliphatic carbocycles. The van der Waals surface area contributed by atoms with E-state index >= 15 is 0 Å². The number of allylic oxidation sites excluding steroid dienone is 6. The van der Waals surface area contributed by atoms with E-state index in [1.807, 2.05) is 54.6 Å². The molecule has 0 aromatic heterocycles. The molecular weight excluding hydrogens is 286 g/mol. The van der Waals surface area contributed by atoms with Crippen LogP contribution in [0.25, 0.3) is 6.08 Å². The standard InChI is InChI=1S/C15H13N.C5H8O2/c1-2-3-7-15(12-13-16)11-10-14-8-5-4-6-9-14;1-3-4(2)5(6)7/h2-12H,1H2;2-3H2,1H3,(H,6,7). The van der Waals surface area contributed by atoms with Crippen molar-refractivity contribution in [3.05, 3.63) is 90.6 Å². The fourth-order valence-electron chi connectivity index (χ4n) is 1.31. The van der Waals surface area contributed by atoms with Gasteiger partial charge in [-0.3, -0.25) is 0 Å². The third kappa shape index (κ3) is 10.3. The molecule has 0 aliphatic heterocycles. The van der Waals surface area contributed by atoms with Crippen molar-refractivity contribution in [2.24, 2.45) is 0 Å². The minimum Gasteiger partial charge on any atom is -0.478 e. The number of aliphatic carboxylic acids is 1. The molecular formula is C20H21NO2. The van der Waals surface area contributed by atoms with Crippen LogP contribution in [0.2, 0.25) is 0 Å². The second kappa shape index (κ2) is 12.6. The lowest BCUT2D eigenvalue weighted by Gasteiger charge is -1.92. The number of benzene rings is 1. The van der Waals surface area contributed by atoms with Crippen molar-refractivity contribution in [3.8, 4) is 6.07 Å². The molecule has 0 heterocycles. The van der Waals surface area contributed by atoms with Crippen molar-refractivity contribution in [2.45, 2.75) is 13.3 Å². The van der Waals surface area contributed by atoms with Crippen LogP contribution in [0.4, 0.5) is 0 Å². The van der Waals surface area contributed by atoms with Gasteiger partial charge in [0.15, 0.2) is 0 Å². The minimum atomic E-state index is -0.900. The van der Waals surface area contributed by atoms with Gasteiger partial charge in [-0.1, -0.05) is 80.8 Å². The smallest absolute Gasteiger partial charge is 0.330 e. The van der Waals surface area contributed by atoms with Crippen molar-refractivity contribution >= 4 is 12.0 Å². The summed E-state index contributed by atoms with van der Waals surface area (Å²) in [7, 11) is 0. The molecule has 0 spiro atoms. The van der Waals surface area contributed by atoms with Gasteiger partial charge in [0.25, 0.3) is 0 Å². The molecule has 1 rings (SSSR count). The monoisotopic (exact) mass is 307 g/mol. The first-order valence-corrected chi connectivity index (χ1v) is 7.08. The van der Waals surface area contributed by atoms with Gasteiger partial charge in [0.1, 0.15) is 0 Å². The molecule has 0 radical (unpaired) electrons. The van der Waals surface area contributed by atoms with E-state index in [4.69, 9.17) is 10.4 Å². The summed E-state index contributed by atoms with van der Waals surface area (Å²) < 4.78 is 0. The zero-order valence-electron chi connectivity index (χ0n) is 13.3. The summed E-state index contributed by atoms with van der Waals surface area (Å²) in [6, 6.07) is 12.0. The van der Waals surface area contributed by atoms with E-state index in [0.717, 1.165) is 11.1 Å². The summed E-state index contributed by atoms with van der Waals surface area (Å²) in [4.78, 5) is 9.83. The first-order valence-electron chi connectivity index (χ1n) is 7.08. The lowest BCUT2D eigenvalue weighted by atomic mass is 10.1. The SMILES string of the molecule is C=C(CC)C(=O)O.C=CC=CC(C=Cc1ccccc1)=CC#N. The van der Waals surface area contributed by atoms with Crippen molar-refractivity contribution in [3.63, 3.8) is 0 Å². The Balaban J connectivity index is 0.000000585. The molecule has 3 heteroatoms. The number of carboxylic acids is 1. The lowest BCUT2D eigenvalue weighted by molar-refractivity contribution is -0.132. The molecule has 1 N–H and O–H groups in total. The Morgan fingerprint density at radius 3 is 2.39 bits per heavy atom. The van der Waals surface area contributed by atoms with Gasteiger partial charge in [-0.15, -0.1) is 0 Å². The molecule has 3 nitrogen and oxygen atoms in total. The second-order valence-corrected chi connectivity index (χ2v) is 4.37. The van der Waals surface area contributed by atoms with Crippen LogP contribution in [-0.2, 0) is 4.79 Å². The van der Waals surface area contributed by atoms with Crippen molar-refractivity contribution in [2.75, 3.05) is 0 Å². The number of hydrogen-bond acceptors (Lipinski definition) is 2. The van der Waals surface area contributed by atoms with Gasteiger partial charge < -0.3 is 5.11 Å². The molecule has 0 fully saturated rings. The topological polar surface area (TPSA) is 61.1 Å². The largest absolute Gasteiger partial charge is 0.478 e. The molecule has 0 saturated carbocycles. The van der Waals surface area contributed by atoms with E-state index < -0.39 is 5.97 Å². The average molecular weight is 307 g/mol. The van der Waals surface area contributed by atoms with Crippen molar-refractivity contribution in [1.29, 1.82) is 5.26 Å². The van der Waals surface area contributed by atoms with Gasteiger partial charge in [0.05, 0.1) is 6.07 Å². The van der Waals surface area contributed by atoms with Gasteiger partial charge in [0.2, 0.25) is 0 Å². The number of carboxylic acid groups (broad SMARTS) is 1. The number of carbonyl (C=O) groups is 1. The predicted octanol–water partition coefficient (Wildman–Crippen LogP) is 4.93. The Hall–Kier alpha value is -3.12. The van der Waals surface area contributed by atoms with E-state index in [1.165, 1.54) is 6.08 Å². The van der Waals surface area contributed by atoms with Gasteiger partial charge in [-0.05, 0) is 17.6 Å². The number of rotatable bonds is 6. The fourth-order valence-corrected chi connectivity index (χ4v) is 1.31. The normalized spacial score (nSPS) is 10.7. The maximum absolute atomic E-state index is 9.83. The van der Waals surface area contributed by atoms with E-state index in [0.29, 0.717) is 6.42 Å². The molecule has 0 amide bonds. The van der Waals surface area contributed by atoms with Gasteiger partial charge in [-0.2, -0.15) is 5.26 Å². The molecule has 23 heavy (non-hydrogen) atoms. The second-order valence-electron chi connectivity index (χ2n) is 4.37. The summed E-state index contributed by atoms with van der Waals surface area (Å²) in [5, 5.41) is 16.7. The van der Waals surface area contributed by atoms with Crippen LogP contribution in [0, 0.1) is 11.3 Å². The van der Waals surface area contributed by atoms with Gasteiger partial charge >= 0.3 is 5.97 Å². The summed E-state index contributed by atoms with van der Waals surface area (Å²) in [5.74, 6) is -0.900. The van der Waals surface area contributed by atoms with Crippen LogP contribution in [-0.4, -0.2) is 11.1 Å². The Morgan fingerprint density at radius 2 is 1.96 bits per heavy atom. The zero-order chi connectivity index (χ0) is 17.5. The molecule has 1 aromatic rings. The average Bonchev–Trinajstić information content (AvgIpc) is 2.58. The molecule has 0 bridgehead atoms. The highest BCUT2D eigenvalue weighted by Crippen LogP contribution is 2.06. The maximum atomic E-state index is 9.83.